The summed E-state index contributed by atoms with van der Waals surface area (Å²) in [6.07, 6.45) is 4.18. The predicted octanol–water partition coefficient (Wildman–Crippen LogP) is 4.70. The van der Waals surface area contributed by atoms with Gasteiger partial charge in [-0.25, -0.2) is 0 Å². The number of hydrogen-bond acceptors (Lipinski definition) is 4. The maximum Gasteiger partial charge on any atom is 0.0931 e. The molecule has 4 nitrogen and oxygen atoms in total. The number of nitrogens with zero attached hydrogens (tertiary/aromatic N) is 4. The molecule has 2 aromatic rings. The van der Waals surface area contributed by atoms with Gasteiger partial charge in [0.05, 0.1) is 11.4 Å². The van der Waals surface area contributed by atoms with Gasteiger partial charge in [0.15, 0.2) is 0 Å². The van der Waals surface area contributed by atoms with Crippen molar-refractivity contribution in [2.45, 2.75) is 45.6 Å². The van der Waals surface area contributed by atoms with Crippen molar-refractivity contribution in [1.29, 1.82) is 0 Å². The third-order valence-corrected chi connectivity index (χ3v) is 4.56. The van der Waals surface area contributed by atoms with E-state index < -0.39 is 0 Å². The monoisotopic (exact) mass is 404 g/mol. The van der Waals surface area contributed by atoms with Gasteiger partial charge in [0, 0.05) is 29.4 Å². The van der Waals surface area contributed by atoms with Gasteiger partial charge in [0.1, 0.15) is 0 Å². The molecule has 0 aromatic carbocycles. The number of aryl methyl sites for hydroxylation is 1. The van der Waals surface area contributed by atoms with E-state index in [0.717, 1.165) is 35.7 Å². The van der Waals surface area contributed by atoms with Crippen LogP contribution in [0, 0.1) is 6.92 Å². The summed E-state index contributed by atoms with van der Waals surface area (Å²) in [7, 11) is 0. The van der Waals surface area contributed by atoms with E-state index in [-0.39, 0.29) is 37.2 Å². The van der Waals surface area contributed by atoms with E-state index in [1.165, 1.54) is 12.8 Å². The summed E-state index contributed by atoms with van der Waals surface area (Å²) in [4.78, 5) is 6.76. The Labute approximate surface area is 169 Å². The number of hydrogen-bond donors (Lipinski definition) is 0. The molecule has 2 aromatic heterocycles. The van der Waals surface area contributed by atoms with Crippen molar-refractivity contribution in [1.82, 2.24) is 20.1 Å². The fourth-order valence-electron chi connectivity index (χ4n) is 3.13. The van der Waals surface area contributed by atoms with E-state index in [2.05, 4.69) is 46.1 Å². The zero-order valence-corrected chi connectivity index (χ0v) is 17.3. The third kappa shape index (κ3) is 6.07. The van der Waals surface area contributed by atoms with Gasteiger partial charge in [-0.15, -0.1) is 37.2 Å². The molecule has 1 aliphatic rings. The van der Waals surface area contributed by atoms with Crippen molar-refractivity contribution >= 4 is 37.2 Å². The van der Waals surface area contributed by atoms with Crippen molar-refractivity contribution in [3.8, 4) is 11.3 Å². The maximum absolute atomic E-state index is 4.49. The zero-order valence-electron chi connectivity index (χ0n) is 14.9. The largest absolute Gasteiger partial charge is 0.301 e. The molecular formula is C18H27Cl3N4. The highest BCUT2D eigenvalue weighted by Gasteiger charge is 2.23. The lowest BCUT2D eigenvalue weighted by Crippen LogP contribution is -2.38. The highest BCUT2D eigenvalue weighted by Crippen LogP contribution is 2.28. The summed E-state index contributed by atoms with van der Waals surface area (Å²) < 4.78 is 0. The summed E-state index contributed by atoms with van der Waals surface area (Å²) >= 11 is 0. The summed E-state index contributed by atoms with van der Waals surface area (Å²) in [5, 5.41) is 8.92. The first-order valence-corrected chi connectivity index (χ1v) is 8.14. The van der Waals surface area contributed by atoms with E-state index in [0.29, 0.717) is 12.0 Å². The van der Waals surface area contributed by atoms with Crippen molar-refractivity contribution in [2.24, 2.45) is 0 Å². The number of likely N-dealkylation sites (tertiary alicyclic amines) is 1. The van der Waals surface area contributed by atoms with Crippen LogP contribution in [0.3, 0.4) is 0 Å². The van der Waals surface area contributed by atoms with Crippen LogP contribution in [0.15, 0.2) is 30.5 Å². The van der Waals surface area contributed by atoms with Crippen molar-refractivity contribution < 1.29 is 0 Å². The summed E-state index contributed by atoms with van der Waals surface area (Å²) in [6.45, 7) is 8.86. The van der Waals surface area contributed by atoms with Gasteiger partial charge in [-0.05, 0) is 71.0 Å². The molecule has 0 spiro atoms. The number of aromatic nitrogens is 3. The minimum absolute atomic E-state index is 0. The van der Waals surface area contributed by atoms with Crippen LogP contribution < -0.4 is 0 Å². The maximum atomic E-state index is 4.49. The SMILES string of the molecule is Cc1cc(-c2ccc(C3CCN(C(C)C)CC3)nn2)ccn1.Cl.Cl.Cl. The summed E-state index contributed by atoms with van der Waals surface area (Å²) in [5.41, 5.74) is 4.15. The molecule has 1 aliphatic heterocycles. The first-order valence-electron chi connectivity index (χ1n) is 8.14. The van der Waals surface area contributed by atoms with E-state index in [1.807, 2.05) is 25.3 Å². The number of piperidine rings is 1. The van der Waals surface area contributed by atoms with Gasteiger partial charge in [-0.3, -0.25) is 4.98 Å². The van der Waals surface area contributed by atoms with Crippen LogP contribution in [0.2, 0.25) is 0 Å². The van der Waals surface area contributed by atoms with Crippen LogP contribution in [-0.2, 0) is 0 Å². The molecule has 140 valence electrons. The molecule has 0 amide bonds. The predicted molar refractivity (Wildman–Crippen MR) is 110 cm³/mol. The fraction of sp³-hybridized carbons (Fsp3) is 0.500. The highest BCUT2D eigenvalue weighted by atomic mass is 35.5. The van der Waals surface area contributed by atoms with Crippen LogP contribution >= 0.6 is 37.2 Å². The van der Waals surface area contributed by atoms with Crippen LogP contribution in [0.25, 0.3) is 11.3 Å². The Morgan fingerprint density at radius 2 is 1.68 bits per heavy atom. The Morgan fingerprint density at radius 3 is 2.20 bits per heavy atom. The molecule has 0 unspecified atom stereocenters. The molecule has 1 saturated heterocycles. The fourth-order valence-corrected chi connectivity index (χ4v) is 3.13. The topological polar surface area (TPSA) is 41.9 Å². The van der Waals surface area contributed by atoms with Gasteiger partial charge in [0.2, 0.25) is 0 Å². The van der Waals surface area contributed by atoms with Crippen LogP contribution in [0.5, 0.6) is 0 Å². The molecule has 0 atom stereocenters. The average Bonchev–Trinajstić information content (AvgIpc) is 2.55. The van der Waals surface area contributed by atoms with Crippen LogP contribution in [0.4, 0.5) is 0 Å². The highest BCUT2D eigenvalue weighted by molar-refractivity contribution is 5.86. The quantitative estimate of drug-likeness (QED) is 0.742. The van der Waals surface area contributed by atoms with Gasteiger partial charge < -0.3 is 4.90 Å². The first-order chi connectivity index (χ1) is 10.6. The van der Waals surface area contributed by atoms with Gasteiger partial charge in [0.25, 0.3) is 0 Å². The smallest absolute Gasteiger partial charge is 0.0931 e. The van der Waals surface area contributed by atoms with Crippen molar-refractivity contribution in [3.05, 3.63) is 41.9 Å². The Bertz CT molecular complexity index is 626. The summed E-state index contributed by atoms with van der Waals surface area (Å²) in [6, 6.07) is 8.91. The molecule has 3 heterocycles. The van der Waals surface area contributed by atoms with E-state index in [1.54, 1.807) is 0 Å². The second-order valence-electron chi connectivity index (χ2n) is 6.43. The summed E-state index contributed by atoms with van der Waals surface area (Å²) in [5.74, 6) is 0.552. The lowest BCUT2D eigenvalue weighted by molar-refractivity contribution is 0.170. The average molecular weight is 406 g/mol. The van der Waals surface area contributed by atoms with Gasteiger partial charge in [-0.2, -0.15) is 10.2 Å². The molecule has 0 N–H and O–H groups in total. The van der Waals surface area contributed by atoms with Crippen LogP contribution in [-0.4, -0.2) is 39.2 Å². The van der Waals surface area contributed by atoms with Gasteiger partial charge >= 0.3 is 0 Å². The molecule has 25 heavy (non-hydrogen) atoms. The lowest BCUT2D eigenvalue weighted by atomic mass is 9.92. The second kappa shape index (κ2) is 10.9. The Morgan fingerprint density at radius 1 is 1.00 bits per heavy atom. The van der Waals surface area contributed by atoms with E-state index in [9.17, 15) is 0 Å². The molecule has 7 heteroatoms. The Kier molecular flexibility index (Phi) is 10.5. The number of halogens is 3. The van der Waals surface area contributed by atoms with Gasteiger partial charge in [-0.1, -0.05) is 0 Å². The normalized spacial score (nSPS) is 15.0. The second-order valence-corrected chi connectivity index (χ2v) is 6.43. The standard InChI is InChI=1S/C18H24N4.3ClH/c1-13(2)22-10-7-15(8-11-22)17-4-5-18(21-20-17)16-6-9-19-14(3)12-16;;;/h4-6,9,12-13,15H,7-8,10-11H2,1-3H3;3*1H. The number of pyridine rings is 1. The zero-order chi connectivity index (χ0) is 15.5. The third-order valence-electron chi connectivity index (χ3n) is 4.56. The minimum atomic E-state index is 0. The lowest BCUT2D eigenvalue weighted by Gasteiger charge is -2.34. The molecule has 0 aliphatic carbocycles. The Balaban J connectivity index is 0.00000192. The first kappa shape index (κ1) is 24.1. The van der Waals surface area contributed by atoms with E-state index >= 15 is 0 Å². The molecular weight excluding hydrogens is 379 g/mol. The molecule has 0 radical (unpaired) electrons. The minimum Gasteiger partial charge on any atom is -0.301 e. The van der Waals surface area contributed by atoms with Crippen molar-refractivity contribution in [3.63, 3.8) is 0 Å². The van der Waals surface area contributed by atoms with Crippen molar-refractivity contribution in [2.75, 3.05) is 13.1 Å². The Hall–Kier alpha value is -0.940. The van der Waals surface area contributed by atoms with Crippen LogP contribution in [0.1, 0.15) is 44.0 Å². The number of rotatable bonds is 3. The molecule has 0 saturated carbocycles. The van der Waals surface area contributed by atoms with E-state index in [4.69, 9.17) is 0 Å². The molecule has 3 rings (SSSR count). The molecule has 1 fully saturated rings. The molecule has 0 bridgehead atoms.